The fourth-order valence-electron chi connectivity index (χ4n) is 1.79. The molecule has 110 valence electrons. The molecule has 0 aliphatic carbocycles. The lowest BCUT2D eigenvalue weighted by Crippen LogP contribution is -2.05. The largest absolute Gasteiger partial charge is 0.462 e. The monoisotopic (exact) mass is 289 g/mol. The quantitative estimate of drug-likeness (QED) is 0.689. The molecular formula is C16H16FNO3. The van der Waals surface area contributed by atoms with E-state index in [4.69, 9.17) is 15.2 Å². The van der Waals surface area contributed by atoms with Gasteiger partial charge in [0.05, 0.1) is 17.9 Å². The zero-order chi connectivity index (χ0) is 15.4. The molecule has 0 amide bonds. The highest BCUT2D eigenvalue weighted by Gasteiger charge is 2.10. The van der Waals surface area contributed by atoms with Crippen molar-refractivity contribution in [1.82, 2.24) is 0 Å². The molecular weight excluding hydrogens is 273 g/mol. The van der Waals surface area contributed by atoms with E-state index in [9.17, 15) is 9.18 Å². The Hall–Kier alpha value is -2.56. The lowest BCUT2D eigenvalue weighted by atomic mass is 10.2. The number of carbonyl (C=O) groups excluding carboxylic acids is 1. The number of rotatable bonds is 4. The highest BCUT2D eigenvalue weighted by molar-refractivity contribution is 5.91. The van der Waals surface area contributed by atoms with Crippen molar-refractivity contribution in [2.24, 2.45) is 0 Å². The Morgan fingerprint density at radius 1 is 1.24 bits per heavy atom. The summed E-state index contributed by atoms with van der Waals surface area (Å²) >= 11 is 0. The molecule has 2 rings (SSSR count). The van der Waals surface area contributed by atoms with E-state index in [0.29, 0.717) is 34.9 Å². The van der Waals surface area contributed by atoms with Crippen molar-refractivity contribution in [3.8, 4) is 11.5 Å². The second-order valence-electron chi connectivity index (χ2n) is 4.49. The minimum Gasteiger partial charge on any atom is -0.462 e. The molecule has 0 aliphatic rings. The molecule has 2 aromatic carbocycles. The van der Waals surface area contributed by atoms with Gasteiger partial charge in [-0.25, -0.2) is 9.18 Å². The van der Waals surface area contributed by atoms with Crippen LogP contribution >= 0.6 is 0 Å². The molecule has 0 aromatic heterocycles. The van der Waals surface area contributed by atoms with E-state index in [2.05, 4.69) is 0 Å². The number of hydrogen-bond donors (Lipinski definition) is 1. The molecule has 4 nitrogen and oxygen atoms in total. The topological polar surface area (TPSA) is 61.5 Å². The molecule has 0 bridgehead atoms. The Morgan fingerprint density at radius 2 is 2.00 bits per heavy atom. The normalized spacial score (nSPS) is 10.2. The van der Waals surface area contributed by atoms with Crippen LogP contribution in [0.5, 0.6) is 11.5 Å². The van der Waals surface area contributed by atoms with Crippen LogP contribution in [0.4, 0.5) is 10.1 Å². The number of aryl methyl sites for hydroxylation is 1. The summed E-state index contributed by atoms with van der Waals surface area (Å²) in [5.74, 6) is 0.139. The number of nitrogens with two attached hydrogens (primary N) is 1. The fraction of sp³-hybridized carbons (Fsp3) is 0.188. The number of anilines is 1. The number of carbonyl (C=O) groups is 1. The van der Waals surface area contributed by atoms with Gasteiger partial charge in [0.25, 0.3) is 0 Å². The summed E-state index contributed by atoms with van der Waals surface area (Å²) in [7, 11) is 0. The molecule has 5 heteroatoms. The van der Waals surface area contributed by atoms with Crippen molar-refractivity contribution < 1.29 is 18.7 Å². The summed E-state index contributed by atoms with van der Waals surface area (Å²) in [6, 6.07) is 9.06. The number of hydrogen-bond acceptors (Lipinski definition) is 4. The van der Waals surface area contributed by atoms with Gasteiger partial charge in [-0.1, -0.05) is 0 Å². The van der Waals surface area contributed by atoms with Crippen molar-refractivity contribution >= 4 is 11.7 Å². The van der Waals surface area contributed by atoms with Crippen molar-refractivity contribution in [3.63, 3.8) is 0 Å². The van der Waals surface area contributed by atoms with E-state index in [1.807, 2.05) is 0 Å². The number of nitrogen functional groups attached to an aromatic ring is 1. The van der Waals surface area contributed by atoms with Crippen LogP contribution in [0.15, 0.2) is 36.4 Å². The molecule has 0 fully saturated rings. The Morgan fingerprint density at radius 3 is 2.62 bits per heavy atom. The zero-order valence-electron chi connectivity index (χ0n) is 11.9. The van der Waals surface area contributed by atoms with E-state index < -0.39 is 5.97 Å². The van der Waals surface area contributed by atoms with Crippen LogP contribution in [-0.4, -0.2) is 12.6 Å². The number of ether oxygens (including phenoxy) is 2. The van der Waals surface area contributed by atoms with Gasteiger partial charge in [-0.05, 0) is 55.8 Å². The van der Waals surface area contributed by atoms with Crippen molar-refractivity contribution in [3.05, 3.63) is 53.3 Å². The fourth-order valence-corrected chi connectivity index (χ4v) is 1.79. The predicted octanol–water partition coefficient (Wildman–Crippen LogP) is 3.69. The van der Waals surface area contributed by atoms with Crippen LogP contribution in [0, 0.1) is 12.7 Å². The summed E-state index contributed by atoms with van der Waals surface area (Å²) < 4.78 is 23.7. The van der Waals surface area contributed by atoms with E-state index >= 15 is 0 Å². The molecule has 2 N–H and O–H groups in total. The van der Waals surface area contributed by atoms with E-state index in [0.717, 1.165) is 0 Å². The van der Waals surface area contributed by atoms with Crippen molar-refractivity contribution in [1.29, 1.82) is 0 Å². The molecule has 0 atom stereocenters. The Bertz CT molecular complexity index is 671. The maximum atomic E-state index is 13.2. The van der Waals surface area contributed by atoms with Gasteiger partial charge >= 0.3 is 5.97 Å². The van der Waals surface area contributed by atoms with Crippen LogP contribution in [-0.2, 0) is 4.74 Å². The average molecular weight is 289 g/mol. The summed E-state index contributed by atoms with van der Waals surface area (Å²) in [5, 5.41) is 0. The second kappa shape index (κ2) is 6.26. The maximum Gasteiger partial charge on any atom is 0.338 e. The highest BCUT2D eigenvalue weighted by Crippen LogP contribution is 2.29. The summed E-state index contributed by atoms with van der Waals surface area (Å²) in [6.45, 7) is 3.68. The molecule has 0 unspecified atom stereocenters. The van der Waals surface area contributed by atoms with Crippen LogP contribution in [0.3, 0.4) is 0 Å². The van der Waals surface area contributed by atoms with Gasteiger partial charge in [0, 0.05) is 0 Å². The standard InChI is InChI=1S/C16H16FNO3/c1-3-20-16(19)11-4-7-15(14(18)9-11)21-12-5-6-13(17)10(2)8-12/h4-9H,3,18H2,1-2H3. The Kier molecular flexibility index (Phi) is 4.42. The summed E-state index contributed by atoms with van der Waals surface area (Å²) in [6.07, 6.45) is 0. The van der Waals surface area contributed by atoms with E-state index in [-0.39, 0.29) is 5.82 Å². The van der Waals surface area contributed by atoms with E-state index in [1.165, 1.54) is 18.2 Å². The van der Waals surface area contributed by atoms with E-state index in [1.54, 1.807) is 32.0 Å². The molecule has 2 aromatic rings. The molecule has 21 heavy (non-hydrogen) atoms. The number of esters is 1. The molecule has 0 saturated heterocycles. The molecule has 0 aliphatic heterocycles. The highest BCUT2D eigenvalue weighted by atomic mass is 19.1. The second-order valence-corrected chi connectivity index (χ2v) is 4.49. The van der Waals surface area contributed by atoms with Gasteiger partial charge in [-0.3, -0.25) is 0 Å². The molecule has 0 saturated carbocycles. The smallest absolute Gasteiger partial charge is 0.338 e. The summed E-state index contributed by atoms with van der Waals surface area (Å²) in [4.78, 5) is 11.6. The van der Waals surface area contributed by atoms with Gasteiger partial charge in [0.1, 0.15) is 17.3 Å². The Labute approximate surface area is 122 Å². The lowest BCUT2D eigenvalue weighted by Gasteiger charge is -2.10. The third-order valence-corrected chi connectivity index (χ3v) is 2.88. The van der Waals surface area contributed by atoms with Gasteiger partial charge in [-0.2, -0.15) is 0 Å². The molecule has 0 radical (unpaired) electrons. The van der Waals surface area contributed by atoms with Gasteiger partial charge < -0.3 is 15.2 Å². The van der Waals surface area contributed by atoms with Crippen molar-refractivity contribution in [2.75, 3.05) is 12.3 Å². The van der Waals surface area contributed by atoms with Crippen LogP contribution in [0.2, 0.25) is 0 Å². The van der Waals surface area contributed by atoms with Gasteiger partial charge in [0.15, 0.2) is 0 Å². The summed E-state index contributed by atoms with van der Waals surface area (Å²) in [5.41, 5.74) is 7.01. The first kappa shape index (κ1) is 14.8. The minimum absolute atomic E-state index is 0.297. The minimum atomic E-state index is -0.437. The average Bonchev–Trinajstić information content (AvgIpc) is 2.45. The first-order valence-corrected chi connectivity index (χ1v) is 6.52. The first-order valence-electron chi connectivity index (χ1n) is 6.52. The maximum absolute atomic E-state index is 13.2. The molecule has 0 heterocycles. The first-order chi connectivity index (χ1) is 10.0. The third kappa shape index (κ3) is 3.51. The molecule has 0 spiro atoms. The third-order valence-electron chi connectivity index (χ3n) is 2.88. The number of halogens is 1. The SMILES string of the molecule is CCOC(=O)c1ccc(Oc2ccc(F)c(C)c2)c(N)c1. The van der Waals surface area contributed by atoms with Crippen LogP contribution in [0.25, 0.3) is 0 Å². The van der Waals surface area contributed by atoms with Crippen LogP contribution < -0.4 is 10.5 Å². The number of benzene rings is 2. The zero-order valence-corrected chi connectivity index (χ0v) is 11.9. The van der Waals surface area contributed by atoms with Gasteiger partial charge in [-0.15, -0.1) is 0 Å². The van der Waals surface area contributed by atoms with Gasteiger partial charge in [0.2, 0.25) is 0 Å². The lowest BCUT2D eigenvalue weighted by molar-refractivity contribution is 0.0526. The Balaban J connectivity index is 2.21. The van der Waals surface area contributed by atoms with Crippen molar-refractivity contribution in [2.45, 2.75) is 13.8 Å². The van der Waals surface area contributed by atoms with Crippen LogP contribution in [0.1, 0.15) is 22.8 Å². The predicted molar refractivity (Wildman–Crippen MR) is 78.0 cm³/mol.